The van der Waals surface area contributed by atoms with Gasteiger partial charge in [-0.05, 0) is 6.26 Å². The largest absolute Gasteiger partial charge is 0.303 e. The fraction of sp³-hybridized carbons (Fsp3) is 0.250. The van der Waals surface area contributed by atoms with Gasteiger partial charge in [0.05, 0.1) is 5.92 Å². The zero-order valence-electron chi connectivity index (χ0n) is 9.51. The monoisotopic (exact) mass is 300 g/mol. The smallest absolute Gasteiger partial charge is 0.188 e. The van der Waals surface area contributed by atoms with Gasteiger partial charge in [-0.1, -0.05) is 47.7 Å². The van der Waals surface area contributed by atoms with Crippen LogP contribution in [0.15, 0.2) is 35.7 Å². The number of hydrogen-bond acceptors (Lipinski definition) is 4. The molecule has 1 aromatic heterocycles. The Hall–Kier alpha value is -0.840. The molecular formula is C12H10Cl2N2OS. The summed E-state index contributed by atoms with van der Waals surface area (Å²) in [7, 11) is 0. The Labute approximate surface area is 119 Å². The minimum Gasteiger partial charge on any atom is -0.303 e. The zero-order chi connectivity index (χ0) is 13.2. The number of carbonyl (C=O) groups is 1. The highest BCUT2D eigenvalue weighted by atomic mass is 35.5. The molecule has 1 aliphatic carbocycles. The molecule has 0 spiro atoms. The van der Waals surface area contributed by atoms with Crippen LogP contribution >= 0.6 is 35.0 Å². The Morgan fingerprint density at radius 2 is 2.28 bits per heavy atom. The van der Waals surface area contributed by atoms with Crippen molar-refractivity contribution < 1.29 is 4.79 Å². The molecule has 0 saturated heterocycles. The molecule has 0 aromatic carbocycles. The van der Waals surface area contributed by atoms with Gasteiger partial charge in [-0.2, -0.15) is 0 Å². The van der Waals surface area contributed by atoms with Crippen molar-refractivity contribution in [3.63, 3.8) is 0 Å². The fourth-order valence-corrected chi connectivity index (χ4v) is 2.81. The summed E-state index contributed by atoms with van der Waals surface area (Å²) >= 11 is 14.1. The summed E-state index contributed by atoms with van der Waals surface area (Å²) in [6, 6.07) is 0. The van der Waals surface area contributed by atoms with E-state index in [4.69, 9.17) is 23.2 Å². The van der Waals surface area contributed by atoms with E-state index in [0.717, 1.165) is 6.29 Å². The van der Waals surface area contributed by atoms with E-state index in [1.165, 1.54) is 11.8 Å². The molecule has 0 N–H and O–H groups in total. The van der Waals surface area contributed by atoms with Crippen LogP contribution in [-0.2, 0) is 9.67 Å². The van der Waals surface area contributed by atoms with Gasteiger partial charge in [-0.3, -0.25) is 0 Å². The lowest BCUT2D eigenvalue weighted by atomic mass is 9.84. The van der Waals surface area contributed by atoms with Crippen LogP contribution < -0.4 is 0 Å². The van der Waals surface area contributed by atoms with E-state index in [9.17, 15) is 4.79 Å². The lowest BCUT2D eigenvalue weighted by molar-refractivity contribution is -0.110. The molecule has 0 fully saturated rings. The van der Waals surface area contributed by atoms with Gasteiger partial charge in [0.1, 0.15) is 16.3 Å². The number of rotatable bonds is 3. The van der Waals surface area contributed by atoms with Crippen LogP contribution in [0.25, 0.3) is 0 Å². The summed E-state index contributed by atoms with van der Waals surface area (Å²) in [4.78, 5) is 18.4. The maximum atomic E-state index is 11.1. The number of hydrogen-bond donors (Lipinski definition) is 0. The van der Waals surface area contributed by atoms with Crippen molar-refractivity contribution in [2.24, 2.45) is 5.92 Å². The summed E-state index contributed by atoms with van der Waals surface area (Å²) in [5.41, 5.74) is 0.543. The molecule has 1 aromatic rings. The van der Waals surface area contributed by atoms with E-state index < -0.39 is 10.8 Å². The molecular weight excluding hydrogens is 291 g/mol. The number of carbonyl (C=O) groups excluding carboxylic acids is 1. The minimum absolute atomic E-state index is 0.274. The highest BCUT2D eigenvalue weighted by Gasteiger charge is 2.38. The number of aromatic nitrogens is 2. The zero-order valence-corrected chi connectivity index (χ0v) is 11.8. The third-order valence-electron chi connectivity index (χ3n) is 2.72. The van der Waals surface area contributed by atoms with E-state index in [0.29, 0.717) is 10.7 Å². The van der Waals surface area contributed by atoms with E-state index in [2.05, 4.69) is 9.97 Å². The van der Waals surface area contributed by atoms with Gasteiger partial charge in [0.15, 0.2) is 5.16 Å². The molecule has 0 amide bonds. The number of thioether (sulfide) groups is 1. The van der Waals surface area contributed by atoms with Gasteiger partial charge in [0, 0.05) is 11.8 Å². The Balaban J connectivity index is 2.49. The number of alkyl halides is 1. The molecule has 1 heterocycles. The van der Waals surface area contributed by atoms with Crippen molar-refractivity contribution in [1.82, 2.24) is 9.97 Å². The van der Waals surface area contributed by atoms with E-state index in [-0.39, 0.29) is 5.15 Å². The van der Waals surface area contributed by atoms with E-state index >= 15 is 0 Å². The molecule has 1 aliphatic rings. The minimum atomic E-state index is -1.01. The highest BCUT2D eigenvalue weighted by molar-refractivity contribution is 7.98. The predicted octanol–water partition coefficient (Wildman–Crippen LogP) is 3.23. The summed E-state index contributed by atoms with van der Waals surface area (Å²) in [6.45, 7) is 0. The quantitative estimate of drug-likeness (QED) is 0.283. The van der Waals surface area contributed by atoms with Gasteiger partial charge in [-0.15, -0.1) is 11.6 Å². The van der Waals surface area contributed by atoms with Crippen LogP contribution in [-0.4, -0.2) is 22.5 Å². The highest BCUT2D eigenvalue weighted by Crippen LogP contribution is 2.42. The number of allylic oxidation sites excluding steroid dienone is 4. The van der Waals surface area contributed by atoms with Gasteiger partial charge >= 0.3 is 0 Å². The molecule has 2 unspecified atom stereocenters. The van der Waals surface area contributed by atoms with Crippen LogP contribution in [0, 0.1) is 5.92 Å². The fourth-order valence-electron chi connectivity index (χ4n) is 1.75. The lowest BCUT2D eigenvalue weighted by Crippen LogP contribution is -2.29. The van der Waals surface area contributed by atoms with Crippen LogP contribution in [0.4, 0.5) is 0 Å². The molecule has 6 heteroatoms. The lowest BCUT2D eigenvalue weighted by Gasteiger charge is -2.29. The third kappa shape index (κ3) is 2.32. The normalized spacial score (nSPS) is 26.3. The molecule has 2 atom stereocenters. The van der Waals surface area contributed by atoms with Crippen LogP contribution in [0.2, 0.25) is 5.15 Å². The van der Waals surface area contributed by atoms with E-state index in [1.54, 1.807) is 30.5 Å². The molecule has 0 aliphatic heterocycles. The summed E-state index contributed by atoms with van der Waals surface area (Å²) < 4.78 is 0. The topological polar surface area (TPSA) is 42.9 Å². The molecule has 0 saturated carbocycles. The summed E-state index contributed by atoms with van der Waals surface area (Å²) in [5.74, 6) is -0.481. The van der Waals surface area contributed by atoms with Crippen molar-refractivity contribution in [1.29, 1.82) is 0 Å². The average molecular weight is 301 g/mol. The Kier molecular flexibility index (Phi) is 4.10. The Morgan fingerprint density at radius 1 is 1.50 bits per heavy atom. The van der Waals surface area contributed by atoms with Crippen molar-refractivity contribution >= 4 is 41.2 Å². The first-order chi connectivity index (χ1) is 8.61. The Morgan fingerprint density at radius 3 is 2.89 bits per heavy atom. The van der Waals surface area contributed by atoms with Gasteiger partial charge in [0.2, 0.25) is 0 Å². The van der Waals surface area contributed by atoms with Crippen molar-refractivity contribution in [2.75, 3.05) is 6.26 Å². The van der Waals surface area contributed by atoms with Crippen molar-refractivity contribution in [2.45, 2.75) is 10.0 Å². The summed E-state index contributed by atoms with van der Waals surface area (Å²) in [6.07, 6.45) is 11.3. The number of halogens is 2. The van der Waals surface area contributed by atoms with E-state index in [1.807, 2.05) is 6.26 Å². The van der Waals surface area contributed by atoms with Crippen molar-refractivity contribution in [3.05, 3.63) is 41.2 Å². The van der Waals surface area contributed by atoms with Crippen LogP contribution in [0.5, 0.6) is 0 Å². The van der Waals surface area contributed by atoms with Gasteiger partial charge < -0.3 is 4.79 Å². The molecule has 0 bridgehead atoms. The maximum absolute atomic E-state index is 11.1. The SMILES string of the molecule is CSc1ncc(C2(Cl)C=CC=CC2C=O)c(Cl)n1. The van der Waals surface area contributed by atoms with Gasteiger partial charge in [-0.25, -0.2) is 9.97 Å². The first-order valence-electron chi connectivity index (χ1n) is 5.19. The first kappa shape index (κ1) is 13.6. The number of nitrogens with zero attached hydrogens (tertiary/aromatic N) is 2. The molecule has 94 valence electrons. The summed E-state index contributed by atoms with van der Waals surface area (Å²) in [5, 5.41) is 0.846. The molecule has 18 heavy (non-hydrogen) atoms. The van der Waals surface area contributed by atoms with Crippen LogP contribution in [0.3, 0.4) is 0 Å². The standard InChI is InChI=1S/C12H10Cl2N2OS/c1-18-11-15-6-9(10(13)16-11)12(14)5-3-2-4-8(12)7-17/h2-8H,1H3. The van der Waals surface area contributed by atoms with Crippen LogP contribution in [0.1, 0.15) is 5.56 Å². The second-order valence-electron chi connectivity index (χ2n) is 3.74. The third-order valence-corrected chi connectivity index (χ3v) is 4.15. The van der Waals surface area contributed by atoms with Crippen molar-refractivity contribution in [3.8, 4) is 0 Å². The molecule has 0 radical (unpaired) electrons. The average Bonchev–Trinajstić information content (AvgIpc) is 2.38. The number of aldehydes is 1. The first-order valence-corrected chi connectivity index (χ1v) is 7.17. The predicted molar refractivity (Wildman–Crippen MR) is 74.2 cm³/mol. The molecule has 3 nitrogen and oxygen atoms in total. The second kappa shape index (κ2) is 5.43. The van der Waals surface area contributed by atoms with Gasteiger partial charge in [0.25, 0.3) is 0 Å². The maximum Gasteiger partial charge on any atom is 0.188 e. The molecule has 2 rings (SSSR count). The Bertz CT molecular complexity index is 533. The second-order valence-corrected chi connectivity index (χ2v) is 5.49.